The standard InChI is InChI=1S/C20H14N2O/c23-19-12-6-1-7-14(19)13-21-20-15-8-2-4-10-17(15)22-18-11-5-3-9-16(18)20/h1-13,23H. The molecule has 1 aromatic heterocycles. The van der Waals surface area contributed by atoms with Crippen molar-refractivity contribution in [2.75, 3.05) is 0 Å². The van der Waals surface area contributed by atoms with Gasteiger partial charge in [0, 0.05) is 22.6 Å². The average molecular weight is 298 g/mol. The number of benzene rings is 3. The summed E-state index contributed by atoms with van der Waals surface area (Å²) >= 11 is 0. The van der Waals surface area contributed by atoms with Crippen molar-refractivity contribution in [3.05, 3.63) is 78.4 Å². The van der Waals surface area contributed by atoms with Crippen LogP contribution in [0.4, 0.5) is 5.69 Å². The summed E-state index contributed by atoms with van der Waals surface area (Å²) in [5.41, 5.74) is 3.39. The molecule has 3 heteroatoms. The van der Waals surface area contributed by atoms with E-state index in [1.807, 2.05) is 60.7 Å². The molecule has 4 aromatic rings. The van der Waals surface area contributed by atoms with Gasteiger partial charge in [-0.25, -0.2) is 4.98 Å². The first kappa shape index (κ1) is 13.5. The van der Waals surface area contributed by atoms with Gasteiger partial charge in [-0.1, -0.05) is 48.5 Å². The fourth-order valence-corrected chi connectivity index (χ4v) is 2.69. The minimum atomic E-state index is 0.221. The second kappa shape index (κ2) is 5.54. The van der Waals surface area contributed by atoms with Crippen molar-refractivity contribution < 1.29 is 5.11 Å². The van der Waals surface area contributed by atoms with Crippen LogP contribution in [0.1, 0.15) is 5.56 Å². The molecular formula is C20H14N2O. The molecule has 0 spiro atoms. The second-order valence-corrected chi connectivity index (χ2v) is 5.31. The van der Waals surface area contributed by atoms with E-state index in [0.717, 1.165) is 27.5 Å². The van der Waals surface area contributed by atoms with Crippen LogP contribution in [-0.4, -0.2) is 16.3 Å². The molecule has 23 heavy (non-hydrogen) atoms. The predicted molar refractivity (Wildman–Crippen MR) is 94.6 cm³/mol. The molecule has 0 atom stereocenters. The van der Waals surface area contributed by atoms with Crippen molar-refractivity contribution in [3.63, 3.8) is 0 Å². The molecule has 0 saturated heterocycles. The largest absolute Gasteiger partial charge is 0.507 e. The molecule has 4 rings (SSSR count). The van der Waals surface area contributed by atoms with Gasteiger partial charge >= 0.3 is 0 Å². The third-order valence-electron chi connectivity index (χ3n) is 3.83. The van der Waals surface area contributed by atoms with E-state index >= 15 is 0 Å². The molecule has 0 fully saturated rings. The molecule has 0 radical (unpaired) electrons. The van der Waals surface area contributed by atoms with E-state index in [1.54, 1.807) is 18.3 Å². The van der Waals surface area contributed by atoms with Gasteiger partial charge in [-0.05, 0) is 24.3 Å². The molecular weight excluding hydrogens is 284 g/mol. The number of aliphatic imine (C=N–C) groups is 1. The van der Waals surface area contributed by atoms with Crippen molar-refractivity contribution in [1.82, 2.24) is 4.98 Å². The van der Waals surface area contributed by atoms with Gasteiger partial charge in [-0.3, -0.25) is 4.99 Å². The highest BCUT2D eigenvalue weighted by atomic mass is 16.3. The highest BCUT2D eigenvalue weighted by Gasteiger charge is 2.07. The number of pyridine rings is 1. The van der Waals surface area contributed by atoms with Gasteiger partial charge in [0.25, 0.3) is 0 Å². The minimum Gasteiger partial charge on any atom is -0.507 e. The van der Waals surface area contributed by atoms with Crippen LogP contribution in [0.2, 0.25) is 0 Å². The predicted octanol–water partition coefficient (Wildman–Crippen LogP) is 4.84. The number of aromatic hydroxyl groups is 1. The molecule has 1 N–H and O–H groups in total. The number of nitrogens with zero attached hydrogens (tertiary/aromatic N) is 2. The van der Waals surface area contributed by atoms with Crippen LogP contribution < -0.4 is 0 Å². The van der Waals surface area contributed by atoms with Gasteiger partial charge < -0.3 is 5.11 Å². The van der Waals surface area contributed by atoms with Crippen molar-refractivity contribution >= 4 is 33.7 Å². The number of hydrogen-bond acceptors (Lipinski definition) is 3. The lowest BCUT2D eigenvalue weighted by molar-refractivity contribution is 0.474. The summed E-state index contributed by atoms with van der Waals surface area (Å²) in [5, 5.41) is 11.9. The fraction of sp³-hybridized carbons (Fsp3) is 0. The second-order valence-electron chi connectivity index (χ2n) is 5.31. The van der Waals surface area contributed by atoms with Crippen molar-refractivity contribution in [1.29, 1.82) is 0 Å². The van der Waals surface area contributed by atoms with Crippen LogP contribution in [0, 0.1) is 0 Å². The number of fused-ring (bicyclic) bond motifs is 2. The first-order chi connectivity index (χ1) is 11.3. The van der Waals surface area contributed by atoms with Crippen LogP contribution in [-0.2, 0) is 0 Å². The first-order valence-corrected chi connectivity index (χ1v) is 7.42. The van der Waals surface area contributed by atoms with E-state index in [9.17, 15) is 5.11 Å². The number of hydrogen-bond donors (Lipinski definition) is 1. The number of aromatic nitrogens is 1. The molecule has 0 amide bonds. The van der Waals surface area contributed by atoms with E-state index < -0.39 is 0 Å². The number of phenolic OH excluding ortho intramolecular Hbond substituents is 1. The molecule has 0 aliphatic carbocycles. The summed E-state index contributed by atoms with van der Waals surface area (Å²) in [4.78, 5) is 9.36. The van der Waals surface area contributed by atoms with Gasteiger partial charge in [-0.2, -0.15) is 0 Å². The summed E-state index contributed by atoms with van der Waals surface area (Å²) < 4.78 is 0. The van der Waals surface area contributed by atoms with Gasteiger partial charge in [0.15, 0.2) is 0 Å². The first-order valence-electron chi connectivity index (χ1n) is 7.42. The highest BCUT2D eigenvalue weighted by molar-refractivity contribution is 6.07. The van der Waals surface area contributed by atoms with Crippen molar-refractivity contribution in [2.24, 2.45) is 4.99 Å². The van der Waals surface area contributed by atoms with Crippen LogP contribution in [0.15, 0.2) is 77.8 Å². The topological polar surface area (TPSA) is 45.5 Å². The minimum absolute atomic E-state index is 0.221. The Balaban J connectivity index is 1.98. The Morgan fingerprint density at radius 2 is 1.30 bits per heavy atom. The Hall–Kier alpha value is -3.20. The zero-order valence-electron chi connectivity index (χ0n) is 12.3. The van der Waals surface area contributed by atoms with E-state index in [2.05, 4.69) is 9.98 Å². The Morgan fingerprint density at radius 3 is 1.96 bits per heavy atom. The van der Waals surface area contributed by atoms with Crippen LogP contribution in [0.5, 0.6) is 5.75 Å². The molecule has 1 heterocycles. The summed E-state index contributed by atoms with van der Waals surface area (Å²) in [6.07, 6.45) is 1.70. The Morgan fingerprint density at radius 1 is 0.739 bits per heavy atom. The fourth-order valence-electron chi connectivity index (χ4n) is 2.69. The molecule has 110 valence electrons. The number of rotatable bonds is 2. The summed E-state index contributed by atoms with van der Waals surface area (Å²) in [6, 6.07) is 23.1. The van der Waals surface area contributed by atoms with E-state index in [4.69, 9.17) is 0 Å². The van der Waals surface area contributed by atoms with Gasteiger partial charge in [-0.15, -0.1) is 0 Å². The quantitative estimate of drug-likeness (QED) is 0.425. The SMILES string of the molecule is Oc1ccccc1C=Nc1c2ccccc2nc2ccccc12. The van der Waals surface area contributed by atoms with Crippen LogP contribution in [0.25, 0.3) is 21.8 Å². The van der Waals surface area contributed by atoms with Crippen LogP contribution >= 0.6 is 0 Å². The number of phenols is 1. The maximum atomic E-state index is 9.91. The summed E-state index contributed by atoms with van der Waals surface area (Å²) in [6.45, 7) is 0. The third kappa shape index (κ3) is 2.42. The molecule has 0 saturated carbocycles. The maximum absolute atomic E-state index is 9.91. The lowest BCUT2D eigenvalue weighted by atomic mass is 10.1. The zero-order chi connectivity index (χ0) is 15.6. The maximum Gasteiger partial charge on any atom is 0.124 e. The highest BCUT2D eigenvalue weighted by Crippen LogP contribution is 2.33. The van der Waals surface area contributed by atoms with E-state index in [0.29, 0.717) is 5.56 Å². The third-order valence-corrected chi connectivity index (χ3v) is 3.83. The molecule has 3 aromatic carbocycles. The average Bonchev–Trinajstić information content (AvgIpc) is 2.60. The molecule has 3 nitrogen and oxygen atoms in total. The Kier molecular flexibility index (Phi) is 3.24. The zero-order valence-corrected chi connectivity index (χ0v) is 12.3. The molecule has 0 aliphatic rings. The smallest absolute Gasteiger partial charge is 0.124 e. The van der Waals surface area contributed by atoms with E-state index in [1.165, 1.54) is 0 Å². The number of para-hydroxylation sites is 3. The summed E-state index contributed by atoms with van der Waals surface area (Å²) in [5.74, 6) is 0.221. The van der Waals surface area contributed by atoms with Crippen molar-refractivity contribution in [3.8, 4) is 5.75 Å². The normalized spacial score (nSPS) is 11.5. The molecule has 0 unspecified atom stereocenters. The Labute approximate surface area is 133 Å². The lowest BCUT2D eigenvalue weighted by Gasteiger charge is -2.07. The van der Waals surface area contributed by atoms with Gasteiger partial charge in [0.1, 0.15) is 5.75 Å². The lowest BCUT2D eigenvalue weighted by Crippen LogP contribution is -1.86. The van der Waals surface area contributed by atoms with E-state index in [-0.39, 0.29) is 5.75 Å². The Bertz CT molecular complexity index is 984. The van der Waals surface area contributed by atoms with Gasteiger partial charge in [0.2, 0.25) is 0 Å². The monoisotopic (exact) mass is 298 g/mol. The molecule has 0 bridgehead atoms. The summed E-state index contributed by atoms with van der Waals surface area (Å²) in [7, 11) is 0. The van der Waals surface area contributed by atoms with Crippen LogP contribution in [0.3, 0.4) is 0 Å². The molecule has 0 aliphatic heterocycles. The van der Waals surface area contributed by atoms with Gasteiger partial charge in [0.05, 0.1) is 16.7 Å². The van der Waals surface area contributed by atoms with Crippen molar-refractivity contribution in [2.45, 2.75) is 0 Å².